The molecular weight excluding hydrogens is 582 g/mol. The third-order valence-corrected chi connectivity index (χ3v) is 8.25. The number of benzene rings is 2. The van der Waals surface area contributed by atoms with E-state index in [4.69, 9.17) is 9.84 Å². The summed E-state index contributed by atoms with van der Waals surface area (Å²) in [5.41, 5.74) is 2.28. The molecule has 10 heteroatoms. The number of alkyl carbamates (subject to hydrolysis) is 1. The van der Waals surface area contributed by atoms with E-state index in [1.807, 2.05) is 58.0 Å². The number of rotatable bonds is 9. The predicted molar refractivity (Wildman–Crippen MR) is 181 cm³/mol. The van der Waals surface area contributed by atoms with Crippen LogP contribution in [0.4, 0.5) is 21.0 Å². The van der Waals surface area contributed by atoms with Crippen molar-refractivity contribution in [3.05, 3.63) is 59.7 Å². The second-order valence-corrected chi connectivity index (χ2v) is 14.2. The van der Waals surface area contributed by atoms with Gasteiger partial charge in [0.15, 0.2) is 5.78 Å². The average molecular weight is 632 g/mol. The summed E-state index contributed by atoms with van der Waals surface area (Å²) in [5, 5.41) is 11.9. The van der Waals surface area contributed by atoms with Crippen molar-refractivity contribution in [2.45, 2.75) is 98.6 Å². The molecule has 2 N–H and O–H groups in total. The van der Waals surface area contributed by atoms with Gasteiger partial charge in [-0.25, -0.2) is 14.6 Å². The summed E-state index contributed by atoms with van der Waals surface area (Å²) >= 11 is 0. The van der Waals surface area contributed by atoms with Gasteiger partial charge in [0.1, 0.15) is 12.1 Å². The van der Waals surface area contributed by atoms with Crippen molar-refractivity contribution in [1.82, 2.24) is 10.3 Å². The number of amides is 4. The number of nitrogens with zero attached hydrogens (tertiary/aromatic N) is 3. The largest absolute Gasteiger partial charge is 0.444 e. The summed E-state index contributed by atoms with van der Waals surface area (Å²) in [6.45, 7) is 12.4. The van der Waals surface area contributed by atoms with Crippen LogP contribution >= 0.6 is 0 Å². The van der Waals surface area contributed by atoms with Crippen LogP contribution in [-0.4, -0.2) is 53.2 Å². The molecule has 4 rings (SSSR count). The fourth-order valence-corrected chi connectivity index (χ4v) is 5.75. The highest BCUT2D eigenvalue weighted by Gasteiger charge is 2.36. The number of para-hydroxylation sites is 1. The molecule has 0 radical (unpaired) electrons. The number of hydrogen-bond acceptors (Lipinski definition) is 6. The number of carbonyl (C=O) groups excluding carboxylic acids is 4. The molecule has 1 aliphatic heterocycles. The molecule has 10 nitrogen and oxygen atoms in total. The molecule has 1 saturated carbocycles. The number of anilines is 2. The minimum absolute atomic E-state index is 0.0940. The first-order chi connectivity index (χ1) is 21.7. The molecule has 0 bridgehead atoms. The number of ketones is 1. The van der Waals surface area contributed by atoms with Gasteiger partial charge < -0.3 is 15.4 Å². The van der Waals surface area contributed by atoms with Crippen LogP contribution in [0.25, 0.3) is 0 Å². The quantitative estimate of drug-likeness (QED) is 0.298. The van der Waals surface area contributed by atoms with E-state index in [2.05, 4.69) is 10.6 Å². The van der Waals surface area contributed by atoms with Crippen LogP contribution < -0.4 is 15.5 Å². The second kappa shape index (κ2) is 14.5. The summed E-state index contributed by atoms with van der Waals surface area (Å²) in [7, 11) is 0. The van der Waals surface area contributed by atoms with E-state index in [9.17, 15) is 19.2 Å². The number of nitrogens with one attached hydrogen (secondary N) is 2. The standard InChI is InChI=1S/C36H49N5O5/c1-8-28(38-33(44)46-36(5,6)7)25-17-14-18-26(21-25)37-31(43)23-41-34(45)40(22-30(42)35(2,3)4)29-20-13-12-19-27(29)32(39-41)24-15-10-9-11-16-24/h12-14,17-21,24,28H,8-11,15-16,22-23H2,1-7H3,(H,37,43)(H,38,44). The fourth-order valence-electron chi connectivity index (χ4n) is 5.75. The molecule has 1 unspecified atom stereocenters. The van der Waals surface area contributed by atoms with Crippen molar-refractivity contribution in [3.8, 4) is 0 Å². The topological polar surface area (TPSA) is 120 Å². The molecule has 1 aliphatic carbocycles. The smallest absolute Gasteiger partial charge is 0.408 e. The molecule has 1 fully saturated rings. The number of hydrazone groups is 1. The fraction of sp³-hybridized carbons (Fsp3) is 0.528. The number of hydrogen-bond donors (Lipinski definition) is 2. The highest BCUT2D eigenvalue weighted by Crippen LogP contribution is 2.34. The summed E-state index contributed by atoms with van der Waals surface area (Å²) < 4.78 is 5.42. The molecule has 2 aliphatic rings. The Morgan fingerprint density at radius 3 is 2.30 bits per heavy atom. The summed E-state index contributed by atoms with van der Waals surface area (Å²) in [5.74, 6) is -0.381. The van der Waals surface area contributed by atoms with Gasteiger partial charge in [-0.2, -0.15) is 5.10 Å². The molecule has 0 aromatic heterocycles. The molecular formula is C36H49N5O5. The third-order valence-electron chi connectivity index (χ3n) is 8.25. The molecule has 1 atom stereocenters. The van der Waals surface area contributed by atoms with E-state index in [1.165, 1.54) is 9.91 Å². The van der Waals surface area contributed by atoms with Crippen molar-refractivity contribution < 1.29 is 23.9 Å². The van der Waals surface area contributed by atoms with E-state index in [0.717, 1.165) is 48.9 Å². The van der Waals surface area contributed by atoms with Crippen molar-refractivity contribution in [1.29, 1.82) is 0 Å². The zero-order valence-corrected chi connectivity index (χ0v) is 28.3. The Morgan fingerprint density at radius 2 is 1.65 bits per heavy atom. The lowest BCUT2D eigenvalue weighted by Crippen LogP contribution is -2.47. The highest BCUT2D eigenvalue weighted by atomic mass is 16.6. The van der Waals surface area contributed by atoms with Crippen molar-refractivity contribution in [3.63, 3.8) is 0 Å². The van der Waals surface area contributed by atoms with Crippen LogP contribution in [0, 0.1) is 11.3 Å². The van der Waals surface area contributed by atoms with Crippen molar-refractivity contribution in [2.75, 3.05) is 23.3 Å². The number of carbonyl (C=O) groups is 4. The molecule has 46 heavy (non-hydrogen) atoms. The van der Waals surface area contributed by atoms with Gasteiger partial charge >= 0.3 is 12.1 Å². The number of Topliss-reactive ketones (excluding diaryl/α,β-unsaturated/α-hetero) is 1. The third kappa shape index (κ3) is 8.95. The Hall–Kier alpha value is -4.21. The number of ether oxygens (including phenoxy) is 1. The van der Waals surface area contributed by atoms with Gasteiger partial charge in [-0.3, -0.25) is 14.5 Å². The average Bonchev–Trinajstić information content (AvgIpc) is 3.09. The highest BCUT2D eigenvalue weighted by molar-refractivity contribution is 6.13. The second-order valence-electron chi connectivity index (χ2n) is 14.2. The lowest BCUT2D eigenvalue weighted by molar-refractivity contribution is -0.124. The Morgan fingerprint density at radius 1 is 0.957 bits per heavy atom. The summed E-state index contributed by atoms with van der Waals surface area (Å²) in [6, 6.07) is 14.0. The van der Waals surface area contributed by atoms with Crippen LogP contribution in [-0.2, 0) is 14.3 Å². The van der Waals surface area contributed by atoms with Gasteiger partial charge in [-0.1, -0.05) is 77.3 Å². The van der Waals surface area contributed by atoms with E-state index in [1.54, 1.807) is 39.0 Å². The first-order valence-electron chi connectivity index (χ1n) is 16.4. The first kappa shape index (κ1) is 34.7. The minimum Gasteiger partial charge on any atom is -0.444 e. The first-order valence-corrected chi connectivity index (χ1v) is 16.4. The van der Waals surface area contributed by atoms with E-state index in [0.29, 0.717) is 17.8 Å². The van der Waals surface area contributed by atoms with E-state index >= 15 is 0 Å². The van der Waals surface area contributed by atoms with Gasteiger partial charge in [0.25, 0.3) is 0 Å². The van der Waals surface area contributed by atoms with E-state index < -0.39 is 29.0 Å². The van der Waals surface area contributed by atoms with Crippen LogP contribution in [0.15, 0.2) is 53.6 Å². The van der Waals surface area contributed by atoms with Gasteiger partial charge in [-0.05, 0) is 63.8 Å². The number of fused-ring (bicyclic) bond motifs is 1. The Bertz CT molecular complexity index is 1470. The SMILES string of the molecule is CCC(NC(=O)OC(C)(C)C)c1cccc(NC(=O)CN2N=C(C3CCCCC3)c3ccccc3N(CC(=O)C(C)(C)C)C2=O)c1. The maximum Gasteiger partial charge on any atom is 0.408 e. The van der Waals surface area contributed by atoms with Gasteiger partial charge in [0, 0.05) is 22.6 Å². The van der Waals surface area contributed by atoms with Crippen LogP contribution in [0.3, 0.4) is 0 Å². The van der Waals surface area contributed by atoms with Crippen LogP contribution in [0.2, 0.25) is 0 Å². The molecule has 0 spiro atoms. The van der Waals surface area contributed by atoms with Gasteiger partial charge in [-0.15, -0.1) is 0 Å². The van der Waals surface area contributed by atoms with Crippen LogP contribution in [0.1, 0.15) is 104 Å². The monoisotopic (exact) mass is 631 g/mol. The van der Waals surface area contributed by atoms with Crippen molar-refractivity contribution >= 4 is 40.9 Å². The lowest BCUT2D eigenvalue weighted by atomic mass is 9.83. The van der Waals surface area contributed by atoms with Crippen molar-refractivity contribution in [2.24, 2.45) is 16.4 Å². The lowest BCUT2D eigenvalue weighted by Gasteiger charge is -2.28. The van der Waals surface area contributed by atoms with E-state index in [-0.39, 0.29) is 30.8 Å². The summed E-state index contributed by atoms with van der Waals surface area (Å²) in [4.78, 5) is 54.8. The number of urea groups is 1. The zero-order valence-electron chi connectivity index (χ0n) is 28.3. The zero-order chi connectivity index (χ0) is 33.6. The van der Waals surface area contributed by atoms with Crippen LogP contribution in [0.5, 0.6) is 0 Å². The predicted octanol–water partition coefficient (Wildman–Crippen LogP) is 7.44. The molecule has 248 valence electrons. The maximum absolute atomic E-state index is 14.1. The Kier molecular flexibility index (Phi) is 10.9. The Balaban J connectivity index is 1.60. The normalized spacial score (nSPS) is 16.6. The molecule has 4 amide bonds. The molecule has 0 saturated heterocycles. The molecule has 2 aromatic carbocycles. The van der Waals surface area contributed by atoms with Gasteiger partial charge in [0.2, 0.25) is 5.91 Å². The summed E-state index contributed by atoms with van der Waals surface area (Å²) in [6.07, 6.45) is 5.30. The molecule has 2 aromatic rings. The van der Waals surface area contributed by atoms with Gasteiger partial charge in [0.05, 0.1) is 24.0 Å². The maximum atomic E-state index is 14.1. The minimum atomic E-state index is -0.656. The Labute approximate surface area is 272 Å². The molecule has 1 heterocycles.